The lowest BCUT2D eigenvalue weighted by atomic mass is 10.1. The van der Waals surface area contributed by atoms with Gasteiger partial charge < -0.3 is 20.4 Å². The lowest BCUT2D eigenvalue weighted by molar-refractivity contribution is -0.117. The topological polar surface area (TPSA) is 96.1 Å². The van der Waals surface area contributed by atoms with Gasteiger partial charge in [-0.05, 0) is 55.0 Å². The lowest BCUT2D eigenvalue weighted by Gasteiger charge is -2.11. The second-order valence-corrected chi connectivity index (χ2v) is 7.86. The standard InChI is InChI=1S/C27H26N4O3/c1-18-7-11-20(12-8-18)26(32)31-24(17-19-9-13-21(34-2)14-10-19)27(33)28-16-15-25-29-22-5-3-4-6-23(22)30-25/h3-14,17H,15-16H2,1-2H3,(H,28,33)(H,29,30)(H,31,32)/b24-17-. The zero-order valence-electron chi connectivity index (χ0n) is 19.1. The number of imidazole rings is 1. The van der Waals surface area contributed by atoms with Crippen molar-refractivity contribution in [1.82, 2.24) is 20.6 Å². The number of para-hydroxylation sites is 2. The molecule has 0 unspecified atom stereocenters. The van der Waals surface area contributed by atoms with Gasteiger partial charge in [0.25, 0.3) is 11.8 Å². The van der Waals surface area contributed by atoms with Crippen LogP contribution in [0.5, 0.6) is 5.75 Å². The summed E-state index contributed by atoms with van der Waals surface area (Å²) in [5.74, 6) is 0.753. The van der Waals surface area contributed by atoms with E-state index in [0.717, 1.165) is 28.0 Å². The molecule has 2 amide bonds. The zero-order chi connectivity index (χ0) is 23.9. The van der Waals surface area contributed by atoms with Crippen LogP contribution in [-0.4, -0.2) is 35.4 Å². The quantitative estimate of drug-likeness (QED) is 0.351. The summed E-state index contributed by atoms with van der Waals surface area (Å²) in [6.45, 7) is 2.31. The zero-order valence-corrected chi connectivity index (χ0v) is 19.1. The minimum absolute atomic E-state index is 0.153. The molecular formula is C27H26N4O3. The minimum Gasteiger partial charge on any atom is -0.497 e. The molecule has 4 rings (SSSR count). The van der Waals surface area contributed by atoms with E-state index in [1.165, 1.54) is 0 Å². The smallest absolute Gasteiger partial charge is 0.267 e. The number of aromatic amines is 1. The Balaban J connectivity index is 1.48. The van der Waals surface area contributed by atoms with Crippen molar-refractivity contribution in [2.45, 2.75) is 13.3 Å². The third-order valence-corrected chi connectivity index (χ3v) is 5.32. The van der Waals surface area contributed by atoms with Crippen molar-refractivity contribution in [2.24, 2.45) is 0 Å². The Hall–Kier alpha value is -4.39. The molecule has 4 aromatic rings. The van der Waals surface area contributed by atoms with E-state index in [-0.39, 0.29) is 17.5 Å². The molecular weight excluding hydrogens is 428 g/mol. The van der Waals surface area contributed by atoms with Gasteiger partial charge in [0.05, 0.1) is 18.1 Å². The Bertz CT molecular complexity index is 1290. The molecule has 1 heterocycles. The van der Waals surface area contributed by atoms with Crippen LogP contribution in [0.3, 0.4) is 0 Å². The number of nitrogens with zero attached hydrogens (tertiary/aromatic N) is 1. The summed E-state index contributed by atoms with van der Waals surface area (Å²) in [6.07, 6.45) is 2.17. The third kappa shape index (κ3) is 5.69. The highest BCUT2D eigenvalue weighted by atomic mass is 16.5. The summed E-state index contributed by atoms with van der Waals surface area (Å²) in [5, 5.41) is 5.63. The summed E-state index contributed by atoms with van der Waals surface area (Å²) < 4.78 is 5.19. The van der Waals surface area contributed by atoms with E-state index < -0.39 is 0 Å². The van der Waals surface area contributed by atoms with Gasteiger partial charge in [-0.15, -0.1) is 0 Å². The van der Waals surface area contributed by atoms with Gasteiger partial charge in [0.1, 0.15) is 17.3 Å². The van der Waals surface area contributed by atoms with Crippen molar-refractivity contribution < 1.29 is 14.3 Å². The summed E-state index contributed by atoms with van der Waals surface area (Å²) >= 11 is 0. The SMILES string of the molecule is COc1ccc(/C=C(\NC(=O)c2ccc(C)cc2)C(=O)NCCc2nc3ccccc3[nH]2)cc1. The summed E-state index contributed by atoms with van der Waals surface area (Å²) in [4.78, 5) is 33.6. The Kier molecular flexibility index (Phi) is 7.03. The first kappa shape index (κ1) is 22.8. The average molecular weight is 455 g/mol. The number of carbonyl (C=O) groups is 2. The molecule has 0 aliphatic rings. The molecule has 3 N–H and O–H groups in total. The van der Waals surface area contributed by atoms with Gasteiger partial charge in [-0.25, -0.2) is 4.98 Å². The second kappa shape index (κ2) is 10.5. The highest BCUT2D eigenvalue weighted by Gasteiger charge is 2.15. The molecule has 0 saturated heterocycles. The van der Waals surface area contributed by atoms with Crippen molar-refractivity contribution in [2.75, 3.05) is 13.7 Å². The Morgan fingerprint density at radius 1 is 1.00 bits per heavy atom. The van der Waals surface area contributed by atoms with Crippen molar-refractivity contribution in [3.05, 3.63) is 101 Å². The Morgan fingerprint density at radius 2 is 1.74 bits per heavy atom. The van der Waals surface area contributed by atoms with E-state index in [1.54, 1.807) is 37.5 Å². The van der Waals surface area contributed by atoms with Crippen LogP contribution in [0.4, 0.5) is 0 Å². The molecule has 3 aromatic carbocycles. The number of aromatic nitrogens is 2. The molecule has 1 aromatic heterocycles. The van der Waals surface area contributed by atoms with E-state index in [9.17, 15) is 9.59 Å². The molecule has 0 spiro atoms. The van der Waals surface area contributed by atoms with Crippen molar-refractivity contribution >= 4 is 28.9 Å². The van der Waals surface area contributed by atoms with Gasteiger partial charge in [0.2, 0.25) is 0 Å². The Labute approximate surface area is 197 Å². The average Bonchev–Trinajstić information content (AvgIpc) is 3.27. The van der Waals surface area contributed by atoms with E-state index in [1.807, 2.05) is 55.5 Å². The van der Waals surface area contributed by atoms with Crippen LogP contribution in [0.25, 0.3) is 17.1 Å². The molecule has 7 nitrogen and oxygen atoms in total. The molecule has 172 valence electrons. The van der Waals surface area contributed by atoms with Crippen LogP contribution in [0.2, 0.25) is 0 Å². The van der Waals surface area contributed by atoms with Crippen LogP contribution in [0.1, 0.15) is 27.3 Å². The first-order valence-corrected chi connectivity index (χ1v) is 11.0. The second-order valence-electron chi connectivity index (χ2n) is 7.86. The summed E-state index contributed by atoms with van der Waals surface area (Å²) in [7, 11) is 1.59. The third-order valence-electron chi connectivity index (χ3n) is 5.32. The number of benzene rings is 3. The van der Waals surface area contributed by atoms with Crippen LogP contribution in [-0.2, 0) is 11.2 Å². The van der Waals surface area contributed by atoms with Crippen LogP contribution in [0.15, 0.2) is 78.5 Å². The number of fused-ring (bicyclic) bond motifs is 1. The van der Waals surface area contributed by atoms with Gasteiger partial charge >= 0.3 is 0 Å². The van der Waals surface area contributed by atoms with E-state index >= 15 is 0 Å². The van der Waals surface area contributed by atoms with E-state index in [4.69, 9.17) is 4.74 Å². The van der Waals surface area contributed by atoms with Gasteiger partial charge in [0, 0.05) is 18.5 Å². The molecule has 0 aliphatic carbocycles. The van der Waals surface area contributed by atoms with Gasteiger partial charge in [-0.3, -0.25) is 9.59 Å². The molecule has 0 fully saturated rings. The number of amides is 2. The number of ether oxygens (including phenoxy) is 1. The maximum Gasteiger partial charge on any atom is 0.267 e. The van der Waals surface area contributed by atoms with Crippen molar-refractivity contribution in [3.63, 3.8) is 0 Å². The predicted octanol–water partition coefficient (Wildman–Crippen LogP) is 4.01. The largest absolute Gasteiger partial charge is 0.497 e. The number of hydrogen-bond acceptors (Lipinski definition) is 4. The van der Waals surface area contributed by atoms with Crippen LogP contribution >= 0.6 is 0 Å². The van der Waals surface area contributed by atoms with Gasteiger partial charge in [-0.1, -0.05) is 42.0 Å². The van der Waals surface area contributed by atoms with Crippen molar-refractivity contribution in [1.29, 1.82) is 0 Å². The highest BCUT2D eigenvalue weighted by molar-refractivity contribution is 6.05. The van der Waals surface area contributed by atoms with Crippen LogP contribution < -0.4 is 15.4 Å². The number of methoxy groups -OCH3 is 1. The maximum absolute atomic E-state index is 13.0. The molecule has 0 radical (unpaired) electrons. The predicted molar refractivity (Wildman–Crippen MR) is 132 cm³/mol. The molecule has 0 bridgehead atoms. The lowest BCUT2D eigenvalue weighted by Crippen LogP contribution is -2.35. The fourth-order valence-corrected chi connectivity index (χ4v) is 3.44. The number of H-pyrrole nitrogens is 1. The summed E-state index contributed by atoms with van der Waals surface area (Å²) in [6, 6.07) is 22.2. The first-order valence-electron chi connectivity index (χ1n) is 11.0. The van der Waals surface area contributed by atoms with Gasteiger partial charge in [0.15, 0.2) is 0 Å². The maximum atomic E-state index is 13.0. The Morgan fingerprint density at radius 3 is 2.44 bits per heavy atom. The number of rotatable bonds is 8. The fourth-order valence-electron chi connectivity index (χ4n) is 3.44. The normalized spacial score (nSPS) is 11.3. The number of carbonyl (C=O) groups excluding carboxylic acids is 2. The minimum atomic E-state index is -0.382. The monoisotopic (exact) mass is 454 g/mol. The van der Waals surface area contributed by atoms with E-state index in [0.29, 0.717) is 24.3 Å². The number of aryl methyl sites for hydroxylation is 1. The van der Waals surface area contributed by atoms with E-state index in [2.05, 4.69) is 20.6 Å². The number of nitrogens with one attached hydrogen (secondary N) is 3. The first-order chi connectivity index (χ1) is 16.5. The van der Waals surface area contributed by atoms with Crippen LogP contribution in [0, 0.1) is 6.92 Å². The fraction of sp³-hybridized carbons (Fsp3) is 0.148. The molecule has 7 heteroatoms. The highest BCUT2D eigenvalue weighted by Crippen LogP contribution is 2.14. The van der Waals surface area contributed by atoms with Crippen molar-refractivity contribution in [3.8, 4) is 5.75 Å². The number of hydrogen-bond donors (Lipinski definition) is 3. The van der Waals surface area contributed by atoms with Gasteiger partial charge in [-0.2, -0.15) is 0 Å². The molecule has 0 saturated carbocycles. The molecule has 34 heavy (non-hydrogen) atoms. The molecule has 0 aliphatic heterocycles. The summed E-state index contributed by atoms with van der Waals surface area (Å²) in [5.41, 5.74) is 4.27. The molecule has 0 atom stereocenters.